The molecule has 1 saturated heterocycles. The maximum Gasteiger partial charge on any atom is 0.0602 e. The molecule has 0 N–H and O–H groups in total. The van der Waals surface area contributed by atoms with Crippen LogP contribution >= 0.6 is 15.9 Å². The smallest absolute Gasteiger partial charge is 0.0602 e. The van der Waals surface area contributed by atoms with Crippen LogP contribution in [0.4, 0.5) is 0 Å². The van der Waals surface area contributed by atoms with Crippen molar-refractivity contribution in [3.63, 3.8) is 0 Å². The topological polar surface area (TPSA) is 6.48 Å². The molecule has 1 fully saturated rings. The lowest BCUT2D eigenvalue weighted by Crippen LogP contribution is -2.47. The van der Waals surface area contributed by atoms with E-state index < -0.39 is 0 Å². The third-order valence-electron chi connectivity index (χ3n) is 5.32. The zero-order valence-corrected chi connectivity index (χ0v) is 17.1. The van der Waals surface area contributed by atoms with Crippen molar-refractivity contribution in [3.8, 4) is 0 Å². The number of hydrogen-bond donors (Lipinski definition) is 0. The number of piperazine rings is 1. The van der Waals surface area contributed by atoms with Gasteiger partial charge in [0.2, 0.25) is 0 Å². The lowest BCUT2D eigenvalue weighted by molar-refractivity contribution is 0.105. The largest absolute Gasteiger partial charge is 0.297 e. The summed E-state index contributed by atoms with van der Waals surface area (Å²) >= 11 is 3.57. The molecule has 138 valence electrons. The van der Waals surface area contributed by atoms with Crippen LogP contribution in [-0.2, 0) is 6.54 Å². The van der Waals surface area contributed by atoms with E-state index in [2.05, 4.69) is 111 Å². The Morgan fingerprint density at radius 3 is 1.85 bits per heavy atom. The molecule has 4 rings (SSSR count). The van der Waals surface area contributed by atoms with Crippen LogP contribution in [0.5, 0.6) is 0 Å². The van der Waals surface area contributed by atoms with Gasteiger partial charge < -0.3 is 0 Å². The average Bonchev–Trinajstić information content (AvgIpc) is 2.73. The van der Waals surface area contributed by atoms with Gasteiger partial charge in [-0.15, -0.1) is 0 Å². The zero-order chi connectivity index (χ0) is 18.5. The molecule has 1 aliphatic rings. The van der Waals surface area contributed by atoms with Crippen LogP contribution in [0.1, 0.15) is 22.7 Å². The molecule has 3 aromatic carbocycles. The van der Waals surface area contributed by atoms with Gasteiger partial charge in [-0.3, -0.25) is 9.80 Å². The predicted molar refractivity (Wildman–Crippen MR) is 116 cm³/mol. The molecule has 0 aromatic heterocycles. The zero-order valence-electron chi connectivity index (χ0n) is 15.5. The molecule has 3 heteroatoms. The fourth-order valence-electron chi connectivity index (χ4n) is 3.92. The van der Waals surface area contributed by atoms with Crippen LogP contribution in [0.3, 0.4) is 0 Å². The predicted octanol–water partition coefficient (Wildman–Crippen LogP) is 5.36. The molecule has 1 aliphatic heterocycles. The third-order valence-corrected chi connectivity index (χ3v) is 5.85. The second-order valence-corrected chi connectivity index (χ2v) is 8.08. The highest BCUT2D eigenvalue weighted by Crippen LogP contribution is 2.30. The first-order valence-corrected chi connectivity index (χ1v) is 10.4. The number of benzene rings is 3. The molecule has 1 heterocycles. The summed E-state index contributed by atoms with van der Waals surface area (Å²) in [6, 6.07) is 30.8. The summed E-state index contributed by atoms with van der Waals surface area (Å²) in [6.07, 6.45) is 0. The Kier molecular flexibility index (Phi) is 6.03. The van der Waals surface area contributed by atoms with Gasteiger partial charge in [0.05, 0.1) is 6.04 Å². The standard InChI is InChI=1S/C24H25BrN2/c25-23-13-11-22(12-14-23)24(21-9-5-2-6-10-21)27-17-15-26(16-18-27)19-20-7-3-1-4-8-20/h1-14,24H,15-19H2/t24-/m0/s1. The molecule has 0 spiro atoms. The molecule has 0 saturated carbocycles. The highest BCUT2D eigenvalue weighted by molar-refractivity contribution is 9.10. The monoisotopic (exact) mass is 420 g/mol. The van der Waals surface area contributed by atoms with Gasteiger partial charge in [0.25, 0.3) is 0 Å². The van der Waals surface area contributed by atoms with E-state index in [1.165, 1.54) is 16.7 Å². The maximum absolute atomic E-state index is 3.57. The van der Waals surface area contributed by atoms with E-state index in [1.54, 1.807) is 0 Å². The van der Waals surface area contributed by atoms with Gasteiger partial charge in [0, 0.05) is 37.2 Å². The Hall–Kier alpha value is -1.94. The SMILES string of the molecule is Brc1ccc([C@H](c2ccccc2)N2CCN(Cc3ccccc3)CC2)cc1. The Balaban J connectivity index is 1.49. The first kappa shape index (κ1) is 18.4. The Bertz CT molecular complexity index is 825. The van der Waals surface area contributed by atoms with Gasteiger partial charge in [-0.25, -0.2) is 0 Å². The molecule has 0 radical (unpaired) electrons. The van der Waals surface area contributed by atoms with E-state index in [0.717, 1.165) is 37.2 Å². The number of nitrogens with zero attached hydrogens (tertiary/aromatic N) is 2. The van der Waals surface area contributed by atoms with Crippen molar-refractivity contribution < 1.29 is 0 Å². The molecule has 3 aromatic rings. The van der Waals surface area contributed by atoms with Gasteiger partial charge in [-0.1, -0.05) is 88.7 Å². The van der Waals surface area contributed by atoms with Crippen molar-refractivity contribution in [2.24, 2.45) is 0 Å². The fourth-order valence-corrected chi connectivity index (χ4v) is 4.18. The van der Waals surface area contributed by atoms with Crippen LogP contribution in [0.15, 0.2) is 89.4 Å². The van der Waals surface area contributed by atoms with Crippen LogP contribution in [0.2, 0.25) is 0 Å². The second kappa shape index (κ2) is 8.83. The van der Waals surface area contributed by atoms with Crippen molar-refractivity contribution in [1.29, 1.82) is 0 Å². The van der Waals surface area contributed by atoms with Gasteiger partial charge in [-0.05, 0) is 28.8 Å². The van der Waals surface area contributed by atoms with Crippen LogP contribution < -0.4 is 0 Å². The summed E-state index contributed by atoms with van der Waals surface area (Å²) in [7, 11) is 0. The van der Waals surface area contributed by atoms with Gasteiger partial charge in [-0.2, -0.15) is 0 Å². The highest BCUT2D eigenvalue weighted by atomic mass is 79.9. The number of hydrogen-bond acceptors (Lipinski definition) is 2. The van der Waals surface area contributed by atoms with E-state index in [0.29, 0.717) is 6.04 Å². The molecule has 0 aliphatic carbocycles. The first-order valence-electron chi connectivity index (χ1n) is 9.60. The number of rotatable bonds is 5. The minimum Gasteiger partial charge on any atom is -0.297 e. The fraction of sp³-hybridized carbons (Fsp3) is 0.250. The summed E-state index contributed by atoms with van der Waals surface area (Å²) < 4.78 is 1.13. The summed E-state index contributed by atoms with van der Waals surface area (Å²) in [5.74, 6) is 0. The van der Waals surface area contributed by atoms with Crippen LogP contribution in [0.25, 0.3) is 0 Å². The normalized spacial score (nSPS) is 16.9. The Morgan fingerprint density at radius 1 is 0.667 bits per heavy atom. The quantitative estimate of drug-likeness (QED) is 0.548. The summed E-state index contributed by atoms with van der Waals surface area (Å²) in [4.78, 5) is 5.19. The summed E-state index contributed by atoms with van der Waals surface area (Å²) in [5, 5.41) is 0. The maximum atomic E-state index is 3.57. The van der Waals surface area contributed by atoms with E-state index in [9.17, 15) is 0 Å². The highest BCUT2D eigenvalue weighted by Gasteiger charge is 2.26. The Labute approximate surface area is 170 Å². The number of halogens is 1. The molecule has 1 atom stereocenters. The van der Waals surface area contributed by atoms with E-state index in [1.807, 2.05) is 0 Å². The van der Waals surface area contributed by atoms with Crippen LogP contribution in [-0.4, -0.2) is 36.0 Å². The molecule has 2 nitrogen and oxygen atoms in total. The van der Waals surface area contributed by atoms with Gasteiger partial charge in [0.15, 0.2) is 0 Å². The van der Waals surface area contributed by atoms with E-state index in [-0.39, 0.29) is 0 Å². The average molecular weight is 421 g/mol. The minimum atomic E-state index is 0.318. The summed E-state index contributed by atoms with van der Waals surface area (Å²) in [5.41, 5.74) is 4.13. The lowest BCUT2D eigenvalue weighted by atomic mass is 9.96. The van der Waals surface area contributed by atoms with Crippen molar-refractivity contribution in [1.82, 2.24) is 9.80 Å². The molecular formula is C24H25BrN2. The third kappa shape index (κ3) is 4.67. The summed E-state index contributed by atoms with van der Waals surface area (Å²) in [6.45, 7) is 5.43. The van der Waals surface area contributed by atoms with Crippen molar-refractivity contribution >= 4 is 15.9 Å². The molecule has 0 unspecified atom stereocenters. The molecule has 0 amide bonds. The Morgan fingerprint density at radius 2 is 1.22 bits per heavy atom. The van der Waals surface area contributed by atoms with E-state index in [4.69, 9.17) is 0 Å². The first-order chi connectivity index (χ1) is 13.3. The lowest BCUT2D eigenvalue weighted by Gasteiger charge is -2.40. The van der Waals surface area contributed by atoms with Crippen molar-refractivity contribution in [2.75, 3.05) is 26.2 Å². The van der Waals surface area contributed by atoms with Crippen molar-refractivity contribution in [3.05, 3.63) is 106 Å². The second-order valence-electron chi connectivity index (χ2n) is 7.16. The van der Waals surface area contributed by atoms with Crippen molar-refractivity contribution in [2.45, 2.75) is 12.6 Å². The van der Waals surface area contributed by atoms with Gasteiger partial charge in [0.1, 0.15) is 0 Å². The molecule has 27 heavy (non-hydrogen) atoms. The molecular weight excluding hydrogens is 396 g/mol. The van der Waals surface area contributed by atoms with Gasteiger partial charge >= 0.3 is 0 Å². The van der Waals surface area contributed by atoms with E-state index >= 15 is 0 Å². The minimum absolute atomic E-state index is 0.318. The molecule has 0 bridgehead atoms. The van der Waals surface area contributed by atoms with Crippen LogP contribution in [0, 0.1) is 0 Å².